The molecule has 0 aromatic heterocycles. The Kier molecular flexibility index (Phi) is 6.30. The minimum absolute atomic E-state index is 0.0929. The van der Waals surface area contributed by atoms with E-state index in [9.17, 15) is 0 Å². The number of nitrogens with one attached hydrogen (secondary N) is 1. The van der Waals surface area contributed by atoms with Crippen LogP contribution in [-0.2, 0) is 4.74 Å². The van der Waals surface area contributed by atoms with Crippen molar-refractivity contribution in [2.24, 2.45) is 0 Å². The van der Waals surface area contributed by atoms with Crippen LogP contribution < -0.4 is 14.8 Å². The topological polar surface area (TPSA) is 39.7 Å². The molecule has 0 aliphatic rings. The van der Waals surface area contributed by atoms with Crippen LogP contribution in [0.3, 0.4) is 0 Å². The zero-order chi connectivity index (χ0) is 15.2. The molecule has 0 radical (unpaired) electrons. The monoisotopic (exact) mass is 281 g/mol. The first kappa shape index (κ1) is 16.8. The van der Waals surface area contributed by atoms with Crippen molar-refractivity contribution >= 4 is 0 Å². The van der Waals surface area contributed by atoms with E-state index in [0.29, 0.717) is 0 Å². The molecule has 0 bridgehead atoms. The molecular weight excluding hydrogens is 254 g/mol. The largest absolute Gasteiger partial charge is 0.493 e. The normalized spacial score (nSPS) is 13.1. The molecule has 1 aromatic carbocycles. The lowest BCUT2D eigenvalue weighted by Crippen LogP contribution is -2.30. The maximum Gasteiger partial charge on any atom is 0.161 e. The smallest absolute Gasteiger partial charge is 0.161 e. The van der Waals surface area contributed by atoms with Gasteiger partial charge in [-0.3, -0.25) is 0 Å². The van der Waals surface area contributed by atoms with E-state index in [2.05, 4.69) is 32.2 Å². The molecule has 0 fully saturated rings. The van der Waals surface area contributed by atoms with Crippen LogP contribution in [0.1, 0.15) is 38.8 Å². The van der Waals surface area contributed by atoms with Crippen LogP contribution in [0, 0.1) is 0 Å². The van der Waals surface area contributed by atoms with E-state index >= 15 is 0 Å². The van der Waals surface area contributed by atoms with Crippen molar-refractivity contribution < 1.29 is 14.2 Å². The fourth-order valence-electron chi connectivity index (χ4n) is 1.93. The summed E-state index contributed by atoms with van der Waals surface area (Å²) in [7, 11) is 5.05. The molecule has 1 atom stereocenters. The number of hydrogen-bond donors (Lipinski definition) is 1. The third kappa shape index (κ3) is 4.69. The van der Waals surface area contributed by atoms with Crippen LogP contribution in [0.25, 0.3) is 0 Å². The molecule has 0 amide bonds. The first-order chi connectivity index (χ1) is 9.43. The number of rotatable bonds is 8. The molecule has 0 aliphatic carbocycles. The van der Waals surface area contributed by atoms with Crippen LogP contribution >= 0.6 is 0 Å². The quantitative estimate of drug-likeness (QED) is 0.794. The molecule has 0 saturated carbocycles. The zero-order valence-corrected chi connectivity index (χ0v) is 13.4. The average molecular weight is 281 g/mol. The molecule has 4 nitrogen and oxygen atoms in total. The zero-order valence-electron chi connectivity index (χ0n) is 13.4. The van der Waals surface area contributed by atoms with Gasteiger partial charge in [-0.05, 0) is 51.4 Å². The Bertz CT molecular complexity index is 418. The van der Waals surface area contributed by atoms with Crippen molar-refractivity contribution in [3.8, 4) is 11.5 Å². The Morgan fingerprint density at radius 1 is 1.10 bits per heavy atom. The van der Waals surface area contributed by atoms with Crippen LogP contribution in [0.4, 0.5) is 0 Å². The molecule has 1 unspecified atom stereocenters. The SMILES string of the molecule is COc1ccc(C(C)NCCC(C)(C)OC)cc1OC. The number of ether oxygens (including phenoxy) is 3. The summed E-state index contributed by atoms with van der Waals surface area (Å²) in [6, 6.07) is 6.26. The van der Waals surface area contributed by atoms with Gasteiger partial charge in [-0.2, -0.15) is 0 Å². The van der Waals surface area contributed by atoms with Gasteiger partial charge in [0.25, 0.3) is 0 Å². The highest BCUT2D eigenvalue weighted by atomic mass is 16.5. The van der Waals surface area contributed by atoms with Gasteiger partial charge in [-0.1, -0.05) is 6.07 Å². The Hall–Kier alpha value is -1.26. The van der Waals surface area contributed by atoms with Crippen molar-refractivity contribution in [3.05, 3.63) is 23.8 Å². The van der Waals surface area contributed by atoms with Crippen LogP contribution in [0.15, 0.2) is 18.2 Å². The Balaban J connectivity index is 2.61. The fourth-order valence-corrected chi connectivity index (χ4v) is 1.93. The fraction of sp³-hybridized carbons (Fsp3) is 0.625. The van der Waals surface area contributed by atoms with Gasteiger partial charge in [-0.25, -0.2) is 0 Å². The van der Waals surface area contributed by atoms with Gasteiger partial charge in [-0.15, -0.1) is 0 Å². The van der Waals surface area contributed by atoms with Crippen LogP contribution in [-0.4, -0.2) is 33.5 Å². The molecule has 1 N–H and O–H groups in total. The van der Waals surface area contributed by atoms with E-state index in [1.807, 2.05) is 12.1 Å². The van der Waals surface area contributed by atoms with E-state index in [4.69, 9.17) is 14.2 Å². The molecule has 1 aromatic rings. The molecule has 20 heavy (non-hydrogen) atoms. The van der Waals surface area contributed by atoms with Crippen molar-refractivity contribution in [3.63, 3.8) is 0 Å². The van der Waals surface area contributed by atoms with Gasteiger partial charge in [0.1, 0.15) is 0 Å². The van der Waals surface area contributed by atoms with E-state index in [1.54, 1.807) is 21.3 Å². The van der Waals surface area contributed by atoms with Gasteiger partial charge >= 0.3 is 0 Å². The first-order valence-corrected chi connectivity index (χ1v) is 6.94. The van der Waals surface area contributed by atoms with Crippen molar-refractivity contribution in [1.82, 2.24) is 5.32 Å². The van der Waals surface area contributed by atoms with E-state index in [-0.39, 0.29) is 11.6 Å². The molecule has 0 aliphatic heterocycles. The van der Waals surface area contributed by atoms with E-state index in [0.717, 1.165) is 24.5 Å². The summed E-state index contributed by atoms with van der Waals surface area (Å²) in [6.45, 7) is 7.23. The van der Waals surface area contributed by atoms with Gasteiger partial charge in [0.15, 0.2) is 11.5 Å². The van der Waals surface area contributed by atoms with Gasteiger partial charge < -0.3 is 19.5 Å². The molecule has 0 heterocycles. The lowest BCUT2D eigenvalue weighted by molar-refractivity contribution is 0.0154. The third-order valence-electron chi connectivity index (χ3n) is 3.64. The summed E-state index contributed by atoms with van der Waals surface area (Å²) in [5, 5.41) is 3.50. The number of methoxy groups -OCH3 is 3. The summed E-state index contributed by atoms with van der Waals surface area (Å²) in [5.41, 5.74) is 1.09. The first-order valence-electron chi connectivity index (χ1n) is 6.94. The summed E-state index contributed by atoms with van der Waals surface area (Å²) >= 11 is 0. The lowest BCUT2D eigenvalue weighted by atomic mass is 10.0. The highest BCUT2D eigenvalue weighted by molar-refractivity contribution is 5.43. The summed E-state index contributed by atoms with van der Waals surface area (Å²) in [5.74, 6) is 1.51. The Morgan fingerprint density at radius 3 is 2.30 bits per heavy atom. The third-order valence-corrected chi connectivity index (χ3v) is 3.64. The highest BCUT2D eigenvalue weighted by Crippen LogP contribution is 2.29. The van der Waals surface area contributed by atoms with Crippen LogP contribution in [0.2, 0.25) is 0 Å². The highest BCUT2D eigenvalue weighted by Gasteiger charge is 2.16. The minimum Gasteiger partial charge on any atom is -0.493 e. The second-order valence-corrected chi connectivity index (χ2v) is 5.50. The minimum atomic E-state index is -0.0929. The molecule has 4 heteroatoms. The van der Waals surface area contributed by atoms with Gasteiger partial charge in [0, 0.05) is 13.2 Å². The second kappa shape index (κ2) is 7.50. The lowest BCUT2D eigenvalue weighted by Gasteiger charge is -2.24. The predicted octanol–water partition coefficient (Wildman–Crippen LogP) is 3.17. The van der Waals surface area contributed by atoms with E-state index in [1.165, 1.54) is 5.56 Å². The van der Waals surface area contributed by atoms with Crippen molar-refractivity contribution in [2.45, 2.75) is 38.8 Å². The van der Waals surface area contributed by atoms with E-state index < -0.39 is 0 Å². The molecular formula is C16H27NO3. The predicted molar refractivity (Wildman–Crippen MR) is 81.7 cm³/mol. The summed E-state index contributed by atoms with van der Waals surface area (Å²) in [6.07, 6.45) is 0.959. The number of hydrogen-bond acceptors (Lipinski definition) is 4. The summed E-state index contributed by atoms with van der Waals surface area (Å²) < 4.78 is 16.0. The Labute approximate surface area is 122 Å². The van der Waals surface area contributed by atoms with Crippen LogP contribution in [0.5, 0.6) is 11.5 Å². The maximum atomic E-state index is 5.42. The standard InChI is InChI=1S/C16H27NO3/c1-12(17-10-9-16(2,3)20-6)13-7-8-14(18-4)15(11-13)19-5/h7-8,11-12,17H,9-10H2,1-6H3. The van der Waals surface area contributed by atoms with Crippen molar-refractivity contribution in [2.75, 3.05) is 27.9 Å². The number of benzene rings is 1. The molecule has 1 rings (SSSR count). The molecule has 0 spiro atoms. The summed E-state index contributed by atoms with van der Waals surface area (Å²) in [4.78, 5) is 0. The van der Waals surface area contributed by atoms with Crippen molar-refractivity contribution in [1.29, 1.82) is 0 Å². The van der Waals surface area contributed by atoms with Gasteiger partial charge in [0.2, 0.25) is 0 Å². The second-order valence-electron chi connectivity index (χ2n) is 5.50. The Morgan fingerprint density at radius 2 is 1.75 bits per heavy atom. The maximum absolute atomic E-state index is 5.42. The molecule has 114 valence electrons. The molecule has 0 saturated heterocycles. The average Bonchev–Trinajstić information content (AvgIpc) is 2.46. The van der Waals surface area contributed by atoms with Gasteiger partial charge in [0.05, 0.1) is 19.8 Å².